The molecule has 5 heterocycles. The molecule has 1 aromatic carbocycles. The second-order valence-electron chi connectivity index (χ2n) is 13.5. The van der Waals surface area contributed by atoms with E-state index < -0.39 is 12.1 Å². The molecule has 5 unspecified atom stereocenters. The number of aromatic amines is 1. The van der Waals surface area contributed by atoms with Gasteiger partial charge in [0.15, 0.2) is 6.29 Å². The van der Waals surface area contributed by atoms with Crippen molar-refractivity contribution in [3.05, 3.63) is 48.0 Å². The van der Waals surface area contributed by atoms with Crippen LogP contribution in [0, 0.1) is 5.92 Å². The molecule has 0 saturated carbocycles. The Balaban J connectivity index is 1.24. The number of fused-ring (bicyclic) bond motifs is 1. The van der Waals surface area contributed by atoms with Crippen molar-refractivity contribution >= 4 is 23.4 Å². The predicted molar refractivity (Wildman–Crippen MR) is 163 cm³/mol. The average Bonchev–Trinajstić information content (AvgIpc) is 3.79. The van der Waals surface area contributed by atoms with Crippen LogP contribution in [0.15, 0.2) is 36.8 Å². The van der Waals surface area contributed by atoms with Crippen molar-refractivity contribution in [2.24, 2.45) is 5.92 Å². The molecule has 44 heavy (non-hydrogen) atoms. The van der Waals surface area contributed by atoms with E-state index in [1.165, 1.54) is 12.5 Å². The minimum atomic E-state index is -0.934. The maximum Gasteiger partial charge on any atom is 0.277 e. The number of rotatable bonds is 7. The number of hydrogen-bond acceptors (Lipinski definition) is 7. The van der Waals surface area contributed by atoms with E-state index in [-0.39, 0.29) is 53.2 Å². The minimum Gasteiger partial charge on any atom is -0.368 e. The zero-order valence-corrected chi connectivity index (χ0v) is 26.0. The van der Waals surface area contributed by atoms with Gasteiger partial charge >= 0.3 is 0 Å². The number of likely N-dealkylation sites (tertiary alicyclic amines) is 1. The van der Waals surface area contributed by atoms with Crippen molar-refractivity contribution in [1.29, 1.82) is 0 Å². The largest absolute Gasteiger partial charge is 0.368 e. The average molecular weight is 608 g/mol. The molecule has 4 aliphatic rings. The Kier molecular flexibility index (Phi) is 9.07. The van der Waals surface area contributed by atoms with Gasteiger partial charge in [-0.3, -0.25) is 19.3 Å². The van der Waals surface area contributed by atoms with E-state index in [1.54, 1.807) is 4.90 Å². The molecule has 0 spiro atoms. The van der Waals surface area contributed by atoms with Crippen molar-refractivity contribution in [2.75, 3.05) is 31.2 Å². The molecule has 6 rings (SSSR count). The number of anilines is 1. The summed E-state index contributed by atoms with van der Waals surface area (Å²) < 4.78 is 17.9. The lowest BCUT2D eigenvalue weighted by Gasteiger charge is -2.38. The van der Waals surface area contributed by atoms with E-state index >= 15 is 0 Å². The van der Waals surface area contributed by atoms with Crippen LogP contribution in [-0.4, -0.2) is 89.5 Å². The first-order chi connectivity index (χ1) is 21.2. The van der Waals surface area contributed by atoms with Crippen LogP contribution in [0.2, 0.25) is 0 Å². The van der Waals surface area contributed by atoms with E-state index in [9.17, 15) is 14.4 Å². The van der Waals surface area contributed by atoms with Gasteiger partial charge in [-0.25, -0.2) is 4.98 Å². The number of carbonyl (C=O) groups excluding carboxylic acids is 3. The van der Waals surface area contributed by atoms with Crippen LogP contribution in [-0.2, 0) is 29.2 Å². The maximum atomic E-state index is 14.3. The highest BCUT2D eigenvalue weighted by atomic mass is 16.7. The summed E-state index contributed by atoms with van der Waals surface area (Å²) >= 11 is 0. The molecule has 2 N–H and O–H groups in total. The lowest BCUT2D eigenvalue weighted by Crippen LogP contribution is -2.59. The fourth-order valence-electron chi connectivity index (χ4n) is 6.87. The van der Waals surface area contributed by atoms with E-state index in [2.05, 4.69) is 36.1 Å². The van der Waals surface area contributed by atoms with Gasteiger partial charge in [0.2, 0.25) is 5.91 Å². The SMILES string of the molecule is CC(C)(C)c1ccc(N(C(=O)c2cnc[nH]2)C(C(=O)NC2CCN(C(=O)C3CCCCO3)CC2)C2CC3CCOC3O2)cc1. The highest BCUT2D eigenvalue weighted by Crippen LogP contribution is 2.39. The fraction of sp³-hybridized carbons (Fsp3) is 0.636. The normalized spacial score (nSPS) is 26.7. The zero-order chi connectivity index (χ0) is 30.8. The molecule has 11 nitrogen and oxygen atoms in total. The topological polar surface area (TPSA) is 126 Å². The van der Waals surface area contributed by atoms with Gasteiger partial charge in [0.25, 0.3) is 11.8 Å². The Morgan fingerprint density at radius 3 is 2.43 bits per heavy atom. The number of aromatic nitrogens is 2. The van der Waals surface area contributed by atoms with Gasteiger partial charge in [-0.15, -0.1) is 0 Å². The van der Waals surface area contributed by atoms with Gasteiger partial charge in [0.05, 0.1) is 25.2 Å². The monoisotopic (exact) mass is 607 g/mol. The summed E-state index contributed by atoms with van der Waals surface area (Å²) in [5.74, 6) is -0.407. The second kappa shape index (κ2) is 13.0. The molecule has 4 fully saturated rings. The van der Waals surface area contributed by atoms with Crippen molar-refractivity contribution in [3.63, 3.8) is 0 Å². The lowest BCUT2D eigenvalue weighted by molar-refractivity contribution is -0.147. The van der Waals surface area contributed by atoms with E-state index in [1.807, 2.05) is 29.2 Å². The molecule has 5 atom stereocenters. The summed E-state index contributed by atoms with van der Waals surface area (Å²) in [7, 11) is 0. The minimum absolute atomic E-state index is 0.0493. The quantitative estimate of drug-likeness (QED) is 0.493. The van der Waals surface area contributed by atoms with Gasteiger partial charge in [0.1, 0.15) is 17.8 Å². The summed E-state index contributed by atoms with van der Waals surface area (Å²) in [4.78, 5) is 51.9. The van der Waals surface area contributed by atoms with Crippen molar-refractivity contribution in [3.8, 4) is 0 Å². The molecule has 4 aliphatic heterocycles. The van der Waals surface area contributed by atoms with Gasteiger partial charge in [0, 0.05) is 37.3 Å². The molecule has 1 aromatic heterocycles. The Morgan fingerprint density at radius 1 is 1.02 bits per heavy atom. The number of nitrogens with zero attached hydrogens (tertiary/aromatic N) is 3. The lowest BCUT2D eigenvalue weighted by atomic mass is 9.87. The molecule has 238 valence electrons. The summed E-state index contributed by atoms with van der Waals surface area (Å²) in [6, 6.07) is 6.75. The molecule has 3 amide bonds. The molecular weight excluding hydrogens is 562 g/mol. The van der Waals surface area contributed by atoms with E-state index in [0.717, 1.165) is 31.2 Å². The number of amides is 3. The van der Waals surface area contributed by atoms with Crippen LogP contribution in [0.1, 0.15) is 81.8 Å². The third-order valence-corrected chi connectivity index (χ3v) is 9.47. The summed E-state index contributed by atoms with van der Waals surface area (Å²) in [5.41, 5.74) is 1.94. The van der Waals surface area contributed by atoms with Crippen molar-refractivity contribution < 1.29 is 28.6 Å². The van der Waals surface area contributed by atoms with Gasteiger partial charge in [-0.2, -0.15) is 0 Å². The molecular formula is C33H45N5O6. The third-order valence-electron chi connectivity index (χ3n) is 9.47. The van der Waals surface area contributed by atoms with Gasteiger partial charge in [-0.1, -0.05) is 32.9 Å². The Hall–Kier alpha value is -3.28. The smallest absolute Gasteiger partial charge is 0.277 e. The summed E-state index contributed by atoms with van der Waals surface area (Å²) in [5, 5.41) is 3.24. The van der Waals surface area contributed by atoms with Crippen LogP contribution in [0.25, 0.3) is 0 Å². The molecule has 0 radical (unpaired) electrons. The van der Waals surface area contributed by atoms with Crippen molar-refractivity contribution in [1.82, 2.24) is 20.2 Å². The van der Waals surface area contributed by atoms with Crippen LogP contribution < -0.4 is 10.2 Å². The first kappa shape index (κ1) is 30.7. The number of carbonyl (C=O) groups is 3. The maximum absolute atomic E-state index is 14.3. The van der Waals surface area contributed by atoms with Crippen LogP contribution >= 0.6 is 0 Å². The van der Waals surface area contributed by atoms with E-state index in [4.69, 9.17) is 14.2 Å². The zero-order valence-electron chi connectivity index (χ0n) is 26.0. The Morgan fingerprint density at radius 2 is 1.80 bits per heavy atom. The third kappa shape index (κ3) is 6.55. The van der Waals surface area contributed by atoms with Gasteiger partial charge in [-0.05, 0) is 68.1 Å². The number of hydrogen-bond donors (Lipinski definition) is 2. The summed E-state index contributed by atoms with van der Waals surface area (Å²) in [6.45, 7) is 8.78. The first-order valence-electron chi connectivity index (χ1n) is 16.1. The Labute approximate surface area is 259 Å². The standard InChI is InChI=1S/C33H45N5O6/c1-33(2,3)22-7-9-24(10-8-22)38(30(40)25-19-34-20-35-25)28(27-18-21-13-17-43-32(21)44-27)29(39)36-23-11-14-37(15-12-23)31(41)26-6-4-5-16-42-26/h7-10,19-21,23,26-28,32H,4-6,11-18H2,1-3H3,(H,34,35)(H,36,39). The Bertz CT molecular complexity index is 1280. The highest BCUT2D eigenvalue weighted by molar-refractivity contribution is 6.09. The number of benzene rings is 1. The number of ether oxygens (including phenoxy) is 3. The van der Waals surface area contributed by atoms with Crippen molar-refractivity contribution in [2.45, 2.75) is 102 Å². The number of piperidine rings is 1. The number of H-pyrrole nitrogens is 1. The molecule has 11 heteroatoms. The van der Waals surface area contributed by atoms with Crippen LogP contribution in [0.4, 0.5) is 5.69 Å². The molecule has 2 aromatic rings. The van der Waals surface area contributed by atoms with Gasteiger partial charge < -0.3 is 29.4 Å². The second-order valence-corrected chi connectivity index (χ2v) is 13.5. The number of imidazole rings is 1. The fourth-order valence-corrected chi connectivity index (χ4v) is 6.87. The summed E-state index contributed by atoms with van der Waals surface area (Å²) in [6.07, 6.45) is 7.16. The highest BCUT2D eigenvalue weighted by Gasteiger charge is 2.48. The molecule has 4 saturated heterocycles. The number of nitrogens with one attached hydrogen (secondary N) is 2. The molecule has 0 aliphatic carbocycles. The van der Waals surface area contributed by atoms with Crippen LogP contribution in [0.3, 0.4) is 0 Å². The predicted octanol–water partition coefficient (Wildman–Crippen LogP) is 3.55. The van der Waals surface area contributed by atoms with E-state index in [0.29, 0.717) is 51.3 Å². The molecule has 0 bridgehead atoms. The van der Waals surface area contributed by atoms with Crippen LogP contribution in [0.5, 0.6) is 0 Å². The first-order valence-corrected chi connectivity index (χ1v) is 16.1.